The monoisotopic (exact) mass is 325 g/mol. The van der Waals surface area contributed by atoms with Gasteiger partial charge in [-0.3, -0.25) is 14.7 Å². The van der Waals surface area contributed by atoms with Gasteiger partial charge >= 0.3 is 0 Å². The van der Waals surface area contributed by atoms with E-state index in [0.717, 1.165) is 36.3 Å². The van der Waals surface area contributed by atoms with Crippen LogP contribution >= 0.6 is 0 Å². The molecule has 3 rings (SSSR count). The molecule has 2 heterocycles. The van der Waals surface area contributed by atoms with Crippen molar-refractivity contribution >= 4 is 11.6 Å². The first-order valence-electron chi connectivity index (χ1n) is 8.27. The van der Waals surface area contributed by atoms with Crippen LogP contribution in [0.3, 0.4) is 0 Å². The van der Waals surface area contributed by atoms with Gasteiger partial charge in [0.15, 0.2) is 0 Å². The lowest BCUT2D eigenvalue weighted by Crippen LogP contribution is -2.39. The van der Waals surface area contributed by atoms with Gasteiger partial charge in [-0.05, 0) is 56.1 Å². The summed E-state index contributed by atoms with van der Waals surface area (Å²) in [5.74, 6) is 0.704. The van der Waals surface area contributed by atoms with Crippen molar-refractivity contribution in [3.8, 4) is 5.75 Å². The lowest BCUT2D eigenvalue weighted by Gasteiger charge is -2.23. The first-order valence-corrected chi connectivity index (χ1v) is 8.27. The maximum atomic E-state index is 12.8. The van der Waals surface area contributed by atoms with Crippen LogP contribution in [0.4, 0.5) is 5.69 Å². The van der Waals surface area contributed by atoms with Crippen molar-refractivity contribution in [1.29, 1.82) is 0 Å². The van der Waals surface area contributed by atoms with Gasteiger partial charge < -0.3 is 10.1 Å². The summed E-state index contributed by atoms with van der Waals surface area (Å²) in [7, 11) is 1.61. The minimum Gasteiger partial charge on any atom is -0.495 e. The van der Waals surface area contributed by atoms with Gasteiger partial charge in [-0.25, -0.2) is 0 Å². The highest BCUT2D eigenvalue weighted by molar-refractivity contribution is 5.96. The largest absolute Gasteiger partial charge is 0.495 e. The Morgan fingerprint density at radius 2 is 2.25 bits per heavy atom. The van der Waals surface area contributed by atoms with Crippen LogP contribution in [-0.2, 0) is 11.3 Å². The Balaban J connectivity index is 1.71. The number of aromatic nitrogens is 1. The predicted octanol–water partition coefficient (Wildman–Crippen LogP) is 3.00. The number of carbonyl (C=O) groups is 1. The zero-order valence-electron chi connectivity index (χ0n) is 14.2. The molecule has 1 fully saturated rings. The van der Waals surface area contributed by atoms with E-state index < -0.39 is 0 Å². The van der Waals surface area contributed by atoms with E-state index in [9.17, 15) is 4.79 Å². The van der Waals surface area contributed by atoms with Crippen molar-refractivity contribution < 1.29 is 9.53 Å². The fourth-order valence-electron chi connectivity index (χ4n) is 3.15. The van der Waals surface area contributed by atoms with E-state index in [-0.39, 0.29) is 11.9 Å². The lowest BCUT2D eigenvalue weighted by molar-refractivity contribution is -0.120. The zero-order valence-corrected chi connectivity index (χ0v) is 14.2. The molecule has 1 saturated heterocycles. The van der Waals surface area contributed by atoms with Crippen LogP contribution in [0.1, 0.15) is 24.1 Å². The van der Waals surface area contributed by atoms with E-state index in [1.165, 1.54) is 0 Å². The van der Waals surface area contributed by atoms with Crippen molar-refractivity contribution in [2.24, 2.45) is 0 Å². The molecule has 24 heavy (non-hydrogen) atoms. The van der Waals surface area contributed by atoms with E-state index in [1.807, 2.05) is 43.3 Å². The predicted molar refractivity (Wildman–Crippen MR) is 94.0 cm³/mol. The van der Waals surface area contributed by atoms with Crippen LogP contribution in [0.15, 0.2) is 42.6 Å². The van der Waals surface area contributed by atoms with Gasteiger partial charge in [0, 0.05) is 12.7 Å². The summed E-state index contributed by atoms with van der Waals surface area (Å²) in [5, 5.41) is 3.03. The first-order chi connectivity index (χ1) is 11.7. The van der Waals surface area contributed by atoms with E-state index in [1.54, 1.807) is 13.3 Å². The molecule has 5 nitrogen and oxygen atoms in total. The van der Waals surface area contributed by atoms with E-state index in [0.29, 0.717) is 12.3 Å². The molecular formula is C19H23N3O2. The van der Waals surface area contributed by atoms with Gasteiger partial charge in [0.1, 0.15) is 5.75 Å². The van der Waals surface area contributed by atoms with Crippen LogP contribution in [-0.4, -0.2) is 35.5 Å². The second-order valence-electron chi connectivity index (χ2n) is 6.14. The number of amides is 1. The molecule has 1 atom stereocenters. The number of carbonyl (C=O) groups excluding carboxylic acids is 1. The zero-order chi connectivity index (χ0) is 16.9. The molecule has 5 heteroatoms. The third kappa shape index (κ3) is 3.74. The molecule has 1 aliphatic heterocycles. The van der Waals surface area contributed by atoms with Gasteiger partial charge in [0.25, 0.3) is 0 Å². The number of ether oxygens (including phenoxy) is 1. The fraction of sp³-hybridized carbons (Fsp3) is 0.368. The van der Waals surface area contributed by atoms with E-state index >= 15 is 0 Å². The van der Waals surface area contributed by atoms with Crippen molar-refractivity contribution in [2.45, 2.75) is 32.4 Å². The quantitative estimate of drug-likeness (QED) is 0.918. The van der Waals surface area contributed by atoms with Crippen LogP contribution in [0.5, 0.6) is 5.75 Å². The minimum atomic E-state index is -0.128. The molecule has 0 bridgehead atoms. The molecule has 0 aliphatic carbocycles. The third-order valence-corrected chi connectivity index (χ3v) is 4.37. The molecule has 1 aliphatic rings. The fourth-order valence-corrected chi connectivity index (χ4v) is 3.15. The summed E-state index contributed by atoms with van der Waals surface area (Å²) in [5.41, 5.74) is 2.81. The molecule has 2 aromatic rings. The average molecular weight is 325 g/mol. The Labute approximate surface area is 142 Å². The summed E-state index contributed by atoms with van der Waals surface area (Å²) < 4.78 is 5.35. The van der Waals surface area contributed by atoms with Crippen molar-refractivity contribution in [2.75, 3.05) is 19.0 Å². The highest BCUT2D eigenvalue weighted by atomic mass is 16.5. The Morgan fingerprint density at radius 1 is 1.38 bits per heavy atom. The lowest BCUT2D eigenvalue weighted by atomic mass is 10.1. The van der Waals surface area contributed by atoms with Gasteiger partial charge in [0.05, 0.1) is 24.5 Å². The molecule has 1 N–H and O–H groups in total. The number of nitrogens with zero attached hydrogens (tertiary/aromatic N) is 2. The minimum absolute atomic E-state index is 0.0207. The number of anilines is 1. The topological polar surface area (TPSA) is 54.5 Å². The normalized spacial score (nSPS) is 17.7. The first kappa shape index (κ1) is 16.5. The van der Waals surface area contributed by atoms with Gasteiger partial charge in [-0.1, -0.05) is 12.1 Å². The number of methoxy groups -OCH3 is 1. The maximum Gasteiger partial charge on any atom is 0.241 e. The number of pyridine rings is 1. The number of rotatable bonds is 5. The molecule has 0 spiro atoms. The smallest absolute Gasteiger partial charge is 0.241 e. The maximum absolute atomic E-state index is 12.8. The average Bonchev–Trinajstić information content (AvgIpc) is 3.04. The SMILES string of the molecule is COc1ccc(C)cc1NC(=O)C1CCCN1Cc1ccccn1. The number of likely N-dealkylation sites (tertiary alicyclic amines) is 1. The van der Waals surface area contributed by atoms with Gasteiger partial charge in [-0.15, -0.1) is 0 Å². The van der Waals surface area contributed by atoms with Crippen molar-refractivity contribution in [3.63, 3.8) is 0 Å². The van der Waals surface area contributed by atoms with Crippen LogP contribution in [0.25, 0.3) is 0 Å². The van der Waals surface area contributed by atoms with Crippen molar-refractivity contribution in [3.05, 3.63) is 53.9 Å². The van der Waals surface area contributed by atoms with Crippen LogP contribution < -0.4 is 10.1 Å². The van der Waals surface area contributed by atoms with Crippen LogP contribution in [0.2, 0.25) is 0 Å². The molecule has 0 radical (unpaired) electrons. The summed E-state index contributed by atoms with van der Waals surface area (Å²) in [6.07, 6.45) is 3.68. The highest BCUT2D eigenvalue weighted by Crippen LogP contribution is 2.27. The Kier molecular flexibility index (Phi) is 5.11. The summed E-state index contributed by atoms with van der Waals surface area (Å²) >= 11 is 0. The van der Waals surface area contributed by atoms with Gasteiger partial charge in [-0.2, -0.15) is 0 Å². The molecule has 1 amide bonds. The Morgan fingerprint density at radius 3 is 3.00 bits per heavy atom. The number of benzene rings is 1. The number of hydrogen-bond donors (Lipinski definition) is 1. The summed E-state index contributed by atoms with van der Waals surface area (Å²) in [4.78, 5) is 19.3. The molecular weight excluding hydrogens is 302 g/mol. The standard InChI is InChI=1S/C19H23N3O2/c1-14-8-9-18(24-2)16(12-14)21-19(23)17-7-5-11-22(17)13-15-6-3-4-10-20-15/h3-4,6,8-10,12,17H,5,7,11,13H2,1-2H3,(H,21,23). The van der Waals surface area contributed by atoms with Gasteiger partial charge in [0.2, 0.25) is 5.91 Å². The Hall–Kier alpha value is -2.40. The Bertz CT molecular complexity index is 703. The number of aryl methyl sites for hydroxylation is 1. The highest BCUT2D eigenvalue weighted by Gasteiger charge is 2.31. The van der Waals surface area contributed by atoms with Crippen LogP contribution in [0, 0.1) is 6.92 Å². The molecule has 1 aromatic heterocycles. The third-order valence-electron chi connectivity index (χ3n) is 4.37. The molecule has 0 saturated carbocycles. The van der Waals surface area contributed by atoms with Crippen molar-refractivity contribution in [1.82, 2.24) is 9.88 Å². The summed E-state index contributed by atoms with van der Waals surface area (Å²) in [6, 6.07) is 11.5. The number of nitrogens with one attached hydrogen (secondary N) is 1. The summed E-state index contributed by atoms with van der Waals surface area (Å²) in [6.45, 7) is 3.61. The second-order valence-corrected chi connectivity index (χ2v) is 6.14. The van der Waals surface area contributed by atoms with E-state index in [4.69, 9.17) is 4.74 Å². The molecule has 1 aromatic carbocycles. The van der Waals surface area contributed by atoms with E-state index in [2.05, 4.69) is 15.2 Å². The second kappa shape index (κ2) is 7.45. The molecule has 1 unspecified atom stereocenters. The number of hydrogen-bond acceptors (Lipinski definition) is 4. The molecule has 126 valence electrons.